The van der Waals surface area contributed by atoms with Gasteiger partial charge in [-0.05, 0) is 24.3 Å². The highest BCUT2D eigenvalue weighted by Gasteiger charge is 2.22. The molecule has 8 heteroatoms. The van der Waals surface area contributed by atoms with Gasteiger partial charge in [-0.3, -0.25) is 4.79 Å². The van der Waals surface area contributed by atoms with Gasteiger partial charge in [-0.15, -0.1) is 10.2 Å². The van der Waals surface area contributed by atoms with Crippen molar-refractivity contribution < 1.29 is 9.32 Å². The number of carbonyl (C=O) groups is 1. The summed E-state index contributed by atoms with van der Waals surface area (Å²) in [6.45, 7) is 4.08. The van der Waals surface area contributed by atoms with Crippen LogP contribution in [0.2, 0.25) is 0 Å². The molecule has 8 nitrogen and oxygen atoms in total. The molecular formula is C21H20N6O2. The third kappa shape index (κ3) is 3.77. The van der Waals surface area contributed by atoms with Gasteiger partial charge in [0.2, 0.25) is 11.7 Å². The van der Waals surface area contributed by atoms with Gasteiger partial charge in [0.25, 0.3) is 0 Å². The molecule has 0 unspecified atom stereocenters. The first kappa shape index (κ1) is 18.5. The van der Waals surface area contributed by atoms with Crippen molar-refractivity contribution in [1.29, 1.82) is 0 Å². The van der Waals surface area contributed by atoms with Crippen molar-refractivity contribution in [3.8, 4) is 22.7 Å². The average Bonchev–Trinajstić information content (AvgIpc) is 3.42. The molecule has 0 aliphatic carbocycles. The molecule has 1 amide bonds. The van der Waals surface area contributed by atoms with Crippen LogP contribution in [0.3, 0.4) is 0 Å². The van der Waals surface area contributed by atoms with E-state index in [1.807, 2.05) is 68.4 Å². The first-order valence-corrected chi connectivity index (χ1v) is 9.32. The fourth-order valence-corrected chi connectivity index (χ4v) is 3.16. The van der Waals surface area contributed by atoms with Crippen molar-refractivity contribution in [2.45, 2.75) is 26.8 Å². The lowest BCUT2D eigenvalue weighted by Crippen LogP contribution is -2.30. The molecule has 0 spiro atoms. The van der Waals surface area contributed by atoms with E-state index in [1.165, 1.54) is 0 Å². The Morgan fingerprint density at radius 2 is 1.90 bits per heavy atom. The summed E-state index contributed by atoms with van der Waals surface area (Å²) in [5, 5.41) is 18.2. The molecule has 0 saturated carbocycles. The zero-order valence-corrected chi connectivity index (χ0v) is 16.2. The Morgan fingerprint density at radius 1 is 1.10 bits per heavy atom. The molecule has 0 saturated heterocycles. The molecule has 4 aromatic rings. The average molecular weight is 388 g/mol. The Morgan fingerprint density at radius 3 is 2.62 bits per heavy atom. The SMILES string of the molecule is CCC(=O)N(Cc1c(C)noc1-c1ccccc1)c1cccc(-c2nn[nH]n2)c1. The molecule has 0 atom stereocenters. The number of aryl methyl sites for hydroxylation is 1. The lowest BCUT2D eigenvalue weighted by atomic mass is 10.1. The molecule has 2 aromatic carbocycles. The van der Waals surface area contributed by atoms with E-state index in [-0.39, 0.29) is 5.91 Å². The van der Waals surface area contributed by atoms with E-state index in [9.17, 15) is 4.79 Å². The van der Waals surface area contributed by atoms with E-state index in [0.29, 0.717) is 24.6 Å². The summed E-state index contributed by atoms with van der Waals surface area (Å²) in [5.74, 6) is 1.14. The van der Waals surface area contributed by atoms with Gasteiger partial charge in [0.05, 0.1) is 12.2 Å². The molecule has 0 fully saturated rings. The molecule has 2 heterocycles. The highest BCUT2D eigenvalue weighted by atomic mass is 16.5. The standard InChI is InChI=1S/C21H20N6O2/c1-3-19(28)27(17-11-7-10-16(12-17)21-22-25-26-23-21)13-18-14(2)24-29-20(18)15-8-5-4-6-9-15/h4-12H,3,13H2,1-2H3,(H,22,23,25,26). The molecule has 2 aromatic heterocycles. The largest absolute Gasteiger partial charge is 0.356 e. The van der Waals surface area contributed by atoms with Crippen LogP contribution < -0.4 is 4.90 Å². The minimum Gasteiger partial charge on any atom is -0.356 e. The highest BCUT2D eigenvalue weighted by molar-refractivity contribution is 5.94. The maximum atomic E-state index is 12.8. The number of H-pyrrole nitrogens is 1. The van der Waals surface area contributed by atoms with Gasteiger partial charge in [0.15, 0.2) is 5.76 Å². The fourth-order valence-electron chi connectivity index (χ4n) is 3.16. The van der Waals surface area contributed by atoms with E-state index >= 15 is 0 Å². The summed E-state index contributed by atoms with van der Waals surface area (Å²) in [7, 11) is 0. The number of nitrogens with zero attached hydrogens (tertiary/aromatic N) is 5. The Kier molecular flexibility index (Phi) is 5.15. The number of tetrazole rings is 1. The third-order valence-corrected chi connectivity index (χ3v) is 4.70. The van der Waals surface area contributed by atoms with Gasteiger partial charge < -0.3 is 9.42 Å². The summed E-state index contributed by atoms with van der Waals surface area (Å²) in [6.07, 6.45) is 0.372. The predicted molar refractivity (Wildman–Crippen MR) is 108 cm³/mol. The number of amides is 1. The van der Waals surface area contributed by atoms with Crippen LogP contribution in [-0.4, -0.2) is 31.7 Å². The predicted octanol–water partition coefficient (Wildman–Crippen LogP) is 3.77. The molecule has 0 bridgehead atoms. The Hall–Kier alpha value is -3.81. The number of nitrogens with one attached hydrogen (secondary N) is 1. The van der Waals surface area contributed by atoms with Crippen LogP contribution in [0.15, 0.2) is 59.1 Å². The zero-order valence-electron chi connectivity index (χ0n) is 16.2. The molecule has 1 N–H and O–H groups in total. The van der Waals surface area contributed by atoms with Crippen LogP contribution in [0.5, 0.6) is 0 Å². The second-order valence-electron chi connectivity index (χ2n) is 6.56. The first-order chi connectivity index (χ1) is 14.2. The van der Waals surface area contributed by atoms with E-state index in [1.54, 1.807) is 4.90 Å². The van der Waals surface area contributed by atoms with Crippen LogP contribution in [0.4, 0.5) is 5.69 Å². The second kappa shape index (κ2) is 8.05. The Labute approximate surface area is 167 Å². The Balaban J connectivity index is 1.73. The summed E-state index contributed by atoms with van der Waals surface area (Å²) in [4.78, 5) is 14.6. The lowest BCUT2D eigenvalue weighted by Gasteiger charge is -2.23. The second-order valence-corrected chi connectivity index (χ2v) is 6.56. The van der Waals surface area contributed by atoms with E-state index in [0.717, 1.165) is 28.1 Å². The summed E-state index contributed by atoms with van der Waals surface area (Å²) >= 11 is 0. The van der Waals surface area contributed by atoms with E-state index in [4.69, 9.17) is 4.52 Å². The van der Waals surface area contributed by atoms with Crippen LogP contribution in [0.25, 0.3) is 22.7 Å². The summed E-state index contributed by atoms with van der Waals surface area (Å²) in [6, 6.07) is 17.3. The first-order valence-electron chi connectivity index (χ1n) is 9.32. The smallest absolute Gasteiger partial charge is 0.227 e. The molecule has 0 aliphatic rings. The lowest BCUT2D eigenvalue weighted by molar-refractivity contribution is -0.118. The van der Waals surface area contributed by atoms with Gasteiger partial charge in [0.1, 0.15) is 0 Å². The van der Waals surface area contributed by atoms with Gasteiger partial charge >= 0.3 is 0 Å². The molecular weight excluding hydrogens is 368 g/mol. The van der Waals surface area contributed by atoms with Gasteiger partial charge in [-0.2, -0.15) is 5.21 Å². The summed E-state index contributed by atoms with van der Waals surface area (Å²) in [5.41, 5.74) is 4.08. The molecule has 146 valence electrons. The van der Waals surface area contributed by atoms with Crippen LogP contribution in [-0.2, 0) is 11.3 Å². The molecule has 4 rings (SSSR count). The molecule has 0 radical (unpaired) electrons. The topological polar surface area (TPSA) is 101 Å². The number of hydrogen-bond donors (Lipinski definition) is 1. The number of carbonyl (C=O) groups excluding carboxylic acids is 1. The van der Waals surface area contributed by atoms with Crippen molar-refractivity contribution in [2.24, 2.45) is 0 Å². The van der Waals surface area contributed by atoms with Crippen LogP contribution in [0.1, 0.15) is 24.6 Å². The minimum atomic E-state index is -0.00475. The maximum absolute atomic E-state index is 12.8. The van der Waals surface area contributed by atoms with Crippen molar-refractivity contribution >= 4 is 11.6 Å². The zero-order chi connectivity index (χ0) is 20.2. The monoisotopic (exact) mass is 388 g/mol. The molecule has 0 aliphatic heterocycles. The van der Waals surface area contributed by atoms with Gasteiger partial charge in [-0.25, -0.2) is 0 Å². The normalized spacial score (nSPS) is 10.8. The van der Waals surface area contributed by atoms with E-state index < -0.39 is 0 Å². The number of anilines is 1. The quantitative estimate of drug-likeness (QED) is 0.539. The van der Waals surface area contributed by atoms with Crippen LogP contribution in [0, 0.1) is 6.92 Å². The van der Waals surface area contributed by atoms with Gasteiger partial charge in [-0.1, -0.05) is 54.5 Å². The van der Waals surface area contributed by atoms with Crippen molar-refractivity contribution in [3.63, 3.8) is 0 Å². The third-order valence-electron chi connectivity index (χ3n) is 4.70. The Bertz CT molecular complexity index is 1110. The van der Waals surface area contributed by atoms with Crippen molar-refractivity contribution in [1.82, 2.24) is 25.8 Å². The van der Waals surface area contributed by atoms with Crippen molar-refractivity contribution in [3.05, 3.63) is 65.9 Å². The minimum absolute atomic E-state index is 0.00475. The number of rotatable bonds is 6. The van der Waals surface area contributed by atoms with Crippen molar-refractivity contribution in [2.75, 3.05) is 4.90 Å². The van der Waals surface area contributed by atoms with Gasteiger partial charge in [0, 0.05) is 28.8 Å². The maximum Gasteiger partial charge on any atom is 0.227 e. The van der Waals surface area contributed by atoms with Crippen LogP contribution >= 0.6 is 0 Å². The highest BCUT2D eigenvalue weighted by Crippen LogP contribution is 2.30. The number of hydrogen-bond acceptors (Lipinski definition) is 6. The summed E-state index contributed by atoms with van der Waals surface area (Å²) < 4.78 is 5.59. The van der Waals surface area contributed by atoms with E-state index in [2.05, 4.69) is 25.8 Å². The number of benzene rings is 2. The number of aromatic amines is 1. The molecule has 29 heavy (non-hydrogen) atoms. The fraction of sp³-hybridized carbons (Fsp3) is 0.190. The number of aromatic nitrogens is 5.